The number of aryl methyl sites for hydroxylation is 2. The molecule has 15 heavy (non-hydrogen) atoms. The van der Waals surface area contributed by atoms with Gasteiger partial charge in [-0.25, -0.2) is 9.67 Å². The molecule has 5 nitrogen and oxygen atoms in total. The molecule has 2 aromatic heterocycles. The highest BCUT2D eigenvalue weighted by atomic mass is 16.5. The fourth-order valence-corrected chi connectivity index (χ4v) is 1.27. The van der Waals surface area contributed by atoms with Crippen LogP contribution < -0.4 is 10.5 Å². The van der Waals surface area contributed by atoms with Crippen LogP contribution in [-0.2, 0) is 7.05 Å². The van der Waals surface area contributed by atoms with Crippen LogP contribution in [0, 0.1) is 6.92 Å². The van der Waals surface area contributed by atoms with Crippen molar-refractivity contribution in [2.45, 2.75) is 6.92 Å². The highest BCUT2D eigenvalue weighted by molar-refractivity contribution is 5.48. The highest BCUT2D eigenvalue weighted by Crippen LogP contribution is 2.24. The Kier molecular flexibility index (Phi) is 2.29. The van der Waals surface area contributed by atoms with E-state index in [0.717, 1.165) is 5.69 Å². The summed E-state index contributed by atoms with van der Waals surface area (Å²) in [4.78, 5) is 4.04. The molecule has 0 saturated heterocycles. The predicted molar refractivity (Wildman–Crippen MR) is 56.7 cm³/mol. The number of nitrogens with two attached hydrogens (primary N) is 1. The van der Waals surface area contributed by atoms with Crippen LogP contribution in [0.5, 0.6) is 11.8 Å². The molecule has 5 heteroatoms. The molecule has 0 aliphatic heterocycles. The van der Waals surface area contributed by atoms with Gasteiger partial charge in [-0.3, -0.25) is 0 Å². The summed E-state index contributed by atoms with van der Waals surface area (Å²) in [6, 6.07) is 5.33. The molecule has 2 heterocycles. The number of nitrogen functional groups attached to an aromatic ring is 1. The number of hydrogen-bond acceptors (Lipinski definition) is 4. The molecule has 78 valence electrons. The van der Waals surface area contributed by atoms with Gasteiger partial charge in [-0.05, 0) is 19.1 Å². The summed E-state index contributed by atoms with van der Waals surface area (Å²) in [6.07, 6.45) is 1.63. The Labute approximate surface area is 87.5 Å². The molecule has 0 unspecified atom stereocenters. The van der Waals surface area contributed by atoms with Crippen molar-refractivity contribution in [1.29, 1.82) is 0 Å². The van der Waals surface area contributed by atoms with E-state index in [-0.39, 0.29) is 0 Å². The number of rotatable bonds is 2. The van der Waals surface area contributed by atoms with E-state index in [4.69, 9.17) is 10.5 Å². The zero-order chi connectivity index (χ0) is 10.8. The van der Waals surface area contributed by atoms with Gasteiger partial charge < -0.3 is 10.5 Å². The van der Waals surface area contributed by atoms with E-state index in [1.54, 1.807) is 23.0 Å². The van der Waals surface area contributed by atoms with E-state index in [1.807, 2.05) is 20.0 Å². The molecule has 2 rings (SSSR count). The molecule has 0 atom stereocenters. The van der Waals surface area contributed by atoms with Gasteiger partial charge in [0.15, 0.2) is 0 Å². The van der Waals surface area contributed by atoms with Crippen molar-refractivity contribution in [3.8, 4) is 11.8 Å². The maximum Gasteiger partial charge on any atom is 0.244 e. The Hall–Kier alpha value is -2.04. The average Bonchev–Trinajstić information content (AvgIpc) is 2.49. The monoisotopic (exact) mass is 204 g/mol. The predicted octanol–water partition coefficient (Wildman–Crippen LogP) is 1.50. The lowest BCUT2D eigenvalue weighted by Crippen LogP contribution is -1.98. The van der Waals surface area contributed by atoms with Gasteiger partial charge in [0.1, 0.15) is 0 Å². The van der Waals surface area contributed by atoms with Crippen molar-refractivity contribution >= 4 is 5.69 Å². The summed E-state index contributed by atoms with van der Waals surface area (Å²) < 4.78 is 7.17. The van der Waals surface area contributed by atoms with Crippen molar-refractivity contribution in [1.82, 2.24) is 14.8 Å². The van der Waals surface area contributed by atoms with Gasteiger partial charge >= 0.3 is 0 Å². The van der Waals surface area contributed by atoms with Crippen LogP contribution in [-0.4, -0.2) is 14.8 Å². The van der Waals surface area contributed by atoms with E-state index >= 15 is 0 Å². The molecule has 0 radical (unpaired) electrons. The summed E-state index contributed by atoms with van der Waals surface area (Å²) >= 11 is 0. The lowest BCUT2D eigenvalue weighted by Gasteiger charge is -2.05. The van der Waals surface area contributed by atoms with Gasteiger partial charge in [-0.15, -0.1) is 0 Å². The minimum Gasteiger partial charge on any atom is -0.419 e. The first-order chi connectivity index (χ1) is 7.16. The van der Waals surface area contributed by atoms with E-state index < -0.39 is 0 Å². The van der Waals surface area contributed by atoms with E-state index in [2.05, 4.69) is 10.1 Å². The van der Waals surface area contributed by atoms with Crippen molar-refractivity contribution in [2.75, 3.05) is 5.73 Å². The Morgan fingerprint density at radius 3 is 2.87 bits per heavy atom. The number of aromatic nitrogens is 3. The number of pyridine rings is 1. The quantitative estimate of drug-likeness (QED) is 0.805. The van der Waals surface area contributed by atoms with Gasteiger partial charge in [0.2, 0.25) is 11.8 Å². The second-order valence-corrected chi connectivity index (χ2v) is 3.25. The first-order valence-electron chi connectivity index (χ1n) is 4.56. The van der Waals surface area contributed by atoms with E-state index in [9.17, 15) is 0 Å². The van der Waals surface area contributed by atoms with Gasteiger partial charge in [-0.2, -0.15) is 5.10 Å². The molecule has 0 aliphatic carbocycles. The summed E-state index contributed by atoms with van der Waals surface area (Å²) in [5.74, 6) is 1.03. The molecule has 2 aromatic rings. The third kappa shape index (κ3) is 1.90. The van der Waals surface area contributed by atoms with E-state index in [0.29, 0.717) is 17.4 Å². The zero-order valence-electron chi connectivity index (χ0n) is 8.64. The van der Waals surface area contributed by atoms with Crippen molar-refractivity contribution in [3.63, 3.8) is 0 Å². The van der Waals surface area contributed by atoms with Crippen LogP contribution in [0.2, 0.25) is 0 Å². The third-order valence-corrected chi connectivity index (χ3v) is 1.96. The Morgan fingerprint density at radius 1 is 1.47 bits per heavy atom. The molecule has 2 N–H and O–H groups in total. The van der Waals surface area contributed by atoms with Crippen molar-refractivity contribution in [3.05, 3.63) is 30.1 Å². The summed E-state index contributed by atoms with van der Waals surface area (Å²) in [6.45, 7) is 1.90. The summed E-state index contributed by atoms with van der Waals surface area (Å²) in [5, 5.41) is 4.16. The second kappa shape index (κ2) is 3.61. The highest BCUT2D eigenvalue weighted by Gasteiger charge is 2.07. The third-order valence-electron chi connectivity index (χ3n) is 1.96. The SMILES string of the molecule is Cc1cc(Oc2ncccc2N)n(C)n1. The molecule has 0 spiro atoms. The van der Waals surface area contributed by atoms with E-state index in [1.165, 1.54) is 0 Å². The lowest BCUT2D eigenvalue weighted by atomic mass is 10.4. The molecule has 0 aliphatic rings. The van der Waals surface area contributed by atoms with Gasteiger partial charge in [0.05, 0.1) is 11.4 Å². The molecule has 0 amide bonds. The Balaban J connectivity index is 2.29. The van der Waals surface area contributed by atoms with Crippen LogP contribution >= 0.6 is 0 Å². The fraction of sp³-hybridized carbons (Fsp3) is 0.200. The topological polar surface area (TPSA) is 66.0 Å². The Morgan fingerprint density at radius 2 is 2.27 bits per heavy atom. The Bertz CT molecular complexity index is 478. The standard InChI is InChI=1S/C10H12N4O/c1-7-6-9(14(2)13-7)15-10-8(11)4-3-5-12-10/h3-6H,11H2,1-2H3. The van der Waals surface area contributed by atoms with Crippen LogP contribution in [0.4, 0.5) is 5.69 Å². The minimum absolute atomic E-state index is 0.403. The van der Waals surface area contributed by atoms with Gasteiger partial charge in [0.25, 0.3) is 0 Å². The number of anilines is 1. The van der Waals surface area contributed by atoms with Crippen LogP contribution in [0.15, 0.2) is 24.4 Å². The molecular weight excluding hydrogens is 192 g/mol. The first-order valence-corrected chi connectivity index (χ1v) is 4.56. The average molecular weight is 204 g/mol. The normalized spacial score (nSPS) is 10.3. The molecule has 0 bridgehead atoms. The second-order valence-electron chi connectivity index (χ2n) is 3.25. The van der Waals surface area contributed by atoms with Gasteiger partial charge in [0, 0.05) is 19.3 Å². The van der Waals surface area contributed by atoms with Crippen LogP contribution in [0.25, 0.3) is 0 Å². The fourth-order valence-electron chi connectivity index (χ4n) is 1.27. The van der Waals surface area contributed by atoms with Crippen LogP contribution in [0.3, 0.4) is 0 Å². The molecule has 0 fully saturated rings. The zero-order valence-corrected chi connectivity index (χ0v) is 8.64. The smallest absolute Gasteiger partial charge is 0.244 e. The van der Waals surface area contributed by atoms with Gasteiger partial charge in [-0.1, -0.05) is 0 Å². The number of ether oxygens (including phenoxy) is 1. The minimum atomic E-state index is 0.403. The lowest BCUT2D eigenvalue weighted by molar-refractivity contribution is 0.417. The van der Waals surface area contributed by atoms with Crippen molar-refractivity contribution in [2.24, 2.45) is 7.05 Å². The maximum atomic E-state index is 5.71. The number of hydrogen-bond donors (Lipinski definition) is 1. The van der Waals surface area contributed by atoms with Crippen molar-refractivity contribution < 1.29 is 4.74 Å². The van der Waals surface area contributed by atoms with Crippen LogP contribution in [0.1, 0.15) is 5.69 Å². The molecular formula is C10H12N4O. The first kappa shape index (κ1) is 9.51. The maximum absolute atomic E-state index is 5.71. The summed E-state index contributed by atoms with van der Waals surface area (Å²) in [5.41, 5.74) is 7.11. The summed E-state index contributed by atoms with van der Waals surface area (Å²) in [7, 11) is 1.81. The largest absolute Gasteiger partial charge is 0.419 e. The molecule has 0 aromatic carbocycles. The number of nitrogens with zero attached hydrogens (tertiary/aromatic N) is 3. The molecule has 0 saturated carbocycles.